The number of para-hydroxylation sites is 1. The number of nitrogens with one attached hydrogen (secondary N) is 1. The highest BCUT2D eigenvalue weighted by Gasteiger charge is 2.46. The van der Waals surface area contributed by atoms with Crippen molar-refractivity contribution in [3.63, 3.8) is 0 Å². The molecule has 3 aromatic rings. The number of rotatable bonds is 5. The molecule has 0 bridgehead atoms. The van der Waals surface area contributed by atoms with Gasteiger partial charge in [0, 0.05) is 10.7 Å². The van der Waals surface area contributed by atoms with Crippen molar-refractivity contribution in [2.24, 2.45) is 0 Å². The Morgan fingerprint density at radius 1 is 1.10 bits per heavy atom. The molecule has 1 aromatic heterocycles. The van der Waals surface area contributed by atoms with E-state index < -0.39 is 6.04 Å². The van der Waals surface area contributed by atoms with Crippen molar-refractivity contribution in [1.29, 1.82) is 0 Å². The molecule has 5 nitrogen and oxygen atoms in total. The van der Waals surface area contributed by atoms with Crippen LogP contribution in [0.5, 0.6) is 0 Å². The molecule has 2 amide bonds. The number of aryl methyl sites for hydroxylation is 2. The van der Waals surface area contributed by atoms with Crippen LogP contribution in [0.3, 0.4) is 0 Å². The van der Waals surface area contributed by atoms with E-state index in [9.17, 15) is 9.59 Å². The molecular weight excluding hydrogens is 388 g/mol. The number of furan rings is 1. The zero-order valence-electron chi connectivity index (χ0n) is 16.2. The van der Waals surface area contributed by atoms with Gasteiger partial charge in [0.15, 0.2) is 0 Å². The summed E-state index contributed by atoms with van der Waals surface area (Å²) in [5.41, 5.74) is 3.39. The molecule has 1 N–H and O–H groups in total. The molecule has 2 aromatic carbocycles. The highest BCUT2D eigenvalue weighted by atomic mass is 35.5. The molecule has 4 rings (SSSR count). The first-order valence-corrected chi connectivity index (χ1v) is 9.80. The number of hydrogen-bond acceptors (Lipinski definition) is 3. The van der Waals surface area contributed by atoms with Gasteiger partial charge in [0.25, 0.3) is 5.91 Å². The lowest BCUT2D eigenvalue weighted by molar-refractivity contribution is -0.155. The highest BCUT2D eigenvalue weighted by Crippen LogP contribution is 2.42. The van der Waals surface area contributed by atoms with Gasteiger partial charge in [0.05, 0.1) is 18.7 Å². The van der Waals surface area contributed by atoms with Crippen molar-refractivity contribution in [3.8, 4) is 0 Å². The number of amides is 2. The van der Waals surface area contributed by atoms with Crippen molar-refractivity contribution in [1.82, 2.24) is 4.90 Å². The van der Waals surface area contributed by atoms with E-state index in [1.54, 1.807) is 41.5 Å². The maximum Gasteiger partial charge on any atom is 0.251 e. The molecule has 1 aliphatic heterocycles. The van der Waals surface area contributed by atoms with E-state index in [-0.39, 0.29) is 17.9 Å². The number of β-lactam (4-membered cyclic amide) rings is 1. The van der Waals surface area contributed by atoms with E-state index in [0.717, 1.165) is 16.8 Å². The Hall–Kier alpha value is -3.05. The van der Waals surface area contributed by atoms with Crippen LogP contribution in [0.1, 0.15) is 41.0 Å². The molecule has 0 radical (unpaired) electrons. The molecule has 6 heteroatoms. The van der Waals surface area contributed by atoms with Crippen LogP contribution in [0.4, 0.5) is 5.69 Å². The van der Waals surface area contributed by atoms with Gasteiger partial charge in [-0.1, -0.05) is 41.9 Å². The molecule has 29 heavy (non-hydrogen) atoms. The number of anilines is 1. The molecule has 0 spiro atoms. The fraction of sp³-hybridized carbons (Fsp3) is 0.217. The summed E-state index contributed by atoms with van der Waals surface area (Å²) in [6, 6.07) is 15.4. The zero-order valence-corrected chi connectivity index (χ0v) is 16.9. The van der Waals surface area contributed by atoms with Gasteiger partial charge >= 0.3 is 0 Å². The number of carbonyl (C=O) groups is 2. The monoisotopic (exact) mass is 408 g/mol. The first-order valence-electron chi connectivity index (χ1n) is 9.43. The molecule has 1 saturated heterocycles. The number of benzene rings is 2. The minimum absolute atomic E-state index is 0.0944. The molecule has 0 aliphatic carbocycles. The maximum atomic E-state index is 13.4. The van der Waals surface area contributed by atoms with Crippen LogP contribution in [0, 0.1) is 13.8 Å². The lowest BCUT2D eigenvalue weighted by Gasteiger charge is -2.44. The van der Waals surface area contributed by atoms with E-state index >= 15 is 0 Å². The summed E-state index contributed by atoms with van der Waals surface area (Å²) in [7, 11) is 0. The smallest absolute Gasteiger partial charge is 0.251 e. The average Bonchev–Trinajstić information content (AvgIpc) is 3.22. The van der Waals surface area contributed by atoms with Crippen molar-refractivity contribution in [2.45, 2.75) is 32.4 Å². The highest BCUT2D eigenvalue weighted by molar-refractivity contribution is 6.30. The number of likely N-dealkylation sites (tertiary alicyclic amines) is 1. The summed E-state index contributed by atoms with van der Waals surface area (Å²) < 4.78 is 5.51. The quantitative estimate of drug-likeness (QED) is 0.590. The number of halogens is 1. The van der Waals surface area contributed by atoms with Gasteiger partial charge in [-0.25, -0.2) is 0 Å². The van der Waals surface area contributed by atoms with Crippen LogP contribution in [0.2, 0.25) is 5.02 Å². The molecule has 1 fully saturated rings. The number of nitrogens with zero attached hydrogens (tertiary/aromatic N) is 1. The molecule has 2 heterocycles. The van der Waals surface area contributed by atoms with E-state index in [2.05, 4.69) is 5.32 Å². The molecule has 2 atom stereocenters. The average molecular weight is 409 g/mol. The Balaban J connectivity index is 1.71. The Bertz CT molecular complexity index is 1020. The van der Waals surface area contributed by atoms with Gasteiger partial charge in [0.1, 0.15) is 11.8 Å². The summed E-state index contributed by atoms with van der Waals surface area (Å²) in [5.74, 6) is 0.306. The van der Waals surface area contributed by atoms with Gasteiger partial charge in [-0.15, -0.1) is 0 Å². The van der Waals surface area contributed by atoms with Crippen LogP contribution in [0.15, 0.2) is 65.3 Å². The molecule has 1 aliphatic rings. The summed E-state index contributed by atoms with van der Waals surface area (Å²) in [6.45, 7) is 3.89. The van der Waals surface area contributed by atoms with Gasteiger partial charge in [0.2, 0.25) is 5.91 Å². The van der Waals surface area contributed by atoms with Gasteiger partial charge < -0.3 is 14.6 Å². The second-order valence-corrected chi connectivity index (χ2v) is 7.68. The first-order chi connectivity index (χ1) is 14.0. The van der Waals surface area contributed by atoms with Crippen molar-refractivity contribution < 1.29 is 14.0 Å². The summed E-state index contributed by atoms with van der Waals surface area (Å²) in [5, 5.41) is 3.60. The third-order valence-electron chi connectivity index (χ3n) is 5.30. The number of carbonyl (C=O) groups excluding carboxylic acids is 2. The fourth-order valence-electron chi connectivity index (χ4n) is 3.76. The predicted molar refractivity (Wildman–Crippen MR) is 112 cm³/mol. The zero-order chi connectivity index (χ0) is 20.5. The largest absolute Gasteiger partial charge is 0.467 e. The lowest BCUT2D eigenvalue weighted by atomic mass is 9.92. The maximum absolute atomic E-state index is 13.4. The van der Waals surface area contributed by atoms with Gasteiger partial charge in [-0.3, -0.25) is 9.59 Å². The molecular formula is C23H21ClN2O3. The van der Waals surface area contributed by atoms with Crippen molar-refractivity contribution in [2.75, 3.05) is 5.32 Å². The summed E-state index contributed by atoms with van der Waals surface area (Å²) >= 11 is 6.04. The molecule has 0 saturated carbocycles. The lowest BCUT2D eigenvalue weighted by Crippen LogP contribution is -2.51. The normalized spacial score (nSPS) is 17.0. The Morgan fingerprint density at radius 2 is 1.79 bits per heavy atom. The Labute approximate surface area is 174 Å². The topological polar surface area (TPSA) is 62.6 Å². The summed E-state index contributed by atoms with van der Waals surface area (Å²) in [4.78, 5) is 27.6. The van der Waals surface area contributed by atoms with E-state index in [4.69, 9.17) is 16.0 Å². The SMILES string of the molecule is Cc1cccc(C)c1NC(=O)[C@H](c1ccc(Cl)cc1)N1C(=O)C[C@H]1c1ccco1. The molecule has 148 valence electrons. The third-order valence-corrected chi connectivity index (χ3v) is 5.56. The minimum atomic E-state index is -0.789. The Morgan fingerprint density at radius 3 is 2.38 bits per heavy atom. The van der Waals surface area contributed by atoms with Gasteiger partial charge in [-0.2, -0.15) is 0 Å². The fourth-order valence-corrected chi connectivity index (χ4v) is 3.89. The van der Waals surface area contributed by atoms with Crippen LogP contribution >= 0.6 is 11.6 Å². The predicted octanol–water partition coefficient (Wildman–Crippen LogP) is 5.20. The third kappa shape index (κ3) is 3.66. The van der Waals surface area contributed by atoms with Crippen molar-refractivity contribution >= 4 is 29.1 Å². The van der Waals surface area contributed by atoms with Crippen LogP contribution < -0.4 is 5.32 Å². The minimum Gasteiger partial charge on any atom is -0.467 e. The Kier molecular flexibility index (Phi) is 5.16. The van der Waals surface area contributed by atoms with E-state index in [0.29, 0.717) is 22.8 Å². The summed E-state index contributed by atoms with van der Waals surface area (Å²) in [6.07, 6.45) is 1.89. The second kappa shape index (κ2) is 7.76. The number of hydrogen-bond donors (Lipinski definition) is 1. The van der Waals surface area contributed by atoms with Crippen LogP contribution in [-0.4, -0.2) is 16.7 Å². The second-order valence-electron chi connectivity index (χ2n) is 7.25. The first kappa shape index (κ1) is 19.3. The van der Waals surface area contributed by atoms with Crippen LogP contribution in [0.25, 0.3) is 0 Å². The molecule has 0 unspecified atom stereocenters. The van der Waals surface area contributed by atoms with E-state index in [1.165, 1.54) is 0 Å². The van der Waals surface area contributed by atoms with Crippen LogP contribution in [-0.2, 0) is 9.59 Å². The van der Waals surface area contributed by atoms with E-state index in [1.807, 2.05) is 38.1 Å². The van der Waals surface area contributed by atoms with Gasteiger partial charge in [-0.05, 0) is 54.8 Å². The standard InChI is InChI=1S/C23H21ClN2O3/c1-14-5-3-6-15(2)21(14)25-23(28)22(16-8-10-17(24)11-9-16)26-18(13-20(26)27)19-7-4-12-29-19/h3-12,18,22H,13H2,1-2H3,(H,25,28)/t18-,22-/m0/s1. The van der Waals surface area contributed by atoms with Crippen molar-refractivity contribution in [3.05, 3.63) is 88.3 Å².